The monoisotopic (exact) mass is 300 g/mol. The van der Waals surface area contributed by atoms with Gasteiger partial charge in [-0.1, -0.05) is 44.9 Å². The number of thiazole rings is 1. The zero-order valence-electron chi connectivity index (χ0n) is 13.1. The van der Waals surface area contributed by atoms with Crippen molar-refractivity contribution in [1.82, 2.24) is 4.57 Å². The van der Waals surface area contributed by atoms with Gasteiger partial charge >= 0.3 is 0 Å². The standard InChI is InChI=1S/C18H24N2S/c1-13-8-7-11-17(15(13)3)20-14(2)12-21-18(20)19-16-9-5-4-6-10-16/h4-6,9-10,12-13,15,17H,7-8,11H2,1-3H3. The lowest BCUT2D eigenvalue weighted by atomic mass is 9.78. The summed E-state index contributed by atoms with van der Waals surface area (Å²) in [4.78, 5) is 6.02. The van der Waals surface area contributed by atoms with Gasteiger partial charge in [0.2, 0.25) is 0 Å². The van der Waals surface area contributed by atoms with Crippen molar-refractivity contribution >= 4 is 17.0 Å². The Morgan fingerprint density at radius 1 is 1.14 bits per heavy atom. The maximum absolute atomic E-state index is 4.88. The Kier molecular flexibility index (Phi) is 4.29. The van der Waals surface area contributed by atoms with Gasteiger partial charge in [0.25, 0.3) is 0 Å². The molecule has 0 spiro atoms. The molecule has 0 aliphatic heterocycles. The van der Waals surface area contributed by atoms with Crippen LogP contribution in [0.25, 0.3) is 0 Å². The lowest BCUT2D eigenvalue weighted by molar-refractivity contribution is 0.182. The number of benzene rings is 1. The highest BCUT2D eigenvalue weighted by Gasteiger charge is 2.29. The van der Waals surface area contributed by atoms with Crippen molar-refractivity contribution in [3.05, 3.63) is 46.2 Å². The average molecular weight is 300 g/mol. The molecule has 1 aliphatic carbocycles. The molecule has 1 fully saturated rings. The molecular formula is C18H24N2S. The van der Waals surface area contributed by atoms with Crippen LogP contribution >= 0.6 is 11.3 Å². The van der Waals surface area contributed by atoms with Gasteiger partial charge in [-0.2, -0.15) is 0 Å². The van der Waals surface area contributed by atoms with E-state index in [4.69, 9.17) is 4.99 Å². The van der Waals surface area contributed by atoms with Crippen LogP contribution in [0, 0.1) is 18.8 Å². The maximum Gasteiger partial charge on any atom is 0.190 e. The Labute approximate surface area is 131 Å². The Bertz CT molecular complexity index is 653. The molecule has 1 aromatic carbocycles. The topological polar surface area (TPSA) is 17.3 Å². The highest BCUT2D eigenvalue weighted by molar-refractivity contribution is 7.07. The minimum Gasteiger partial charge on any atom is -0.318 e. The molecule has 3 atom stereocenters. The Balaban J connectivity index is 2.03. The van der Waals surface area contributed by atoms with Crippen LogP contribution in [0.5, 0.6) is 0 Å². The second kappa shape index (κ2) is 6.18. The summed E-state index contributed by atoms with van der Waals surface area (Å²) >= 11 is 1.76. The van der Waals surface area contributed by atoms with E-state index in [1.807, 2.05) is 6.07 Å². The number of aromatic nitrogens is 1. The summed E-state index contributed by atoms with van der Waals surface area (Å²) < 4.78 is 2.48. The lowest BCUT2D eigenvalue weighted by Gasteiger charge is -2.35. The summed E-state index contributed by atoms with van der Waals surface area (Å²) in [6.07, 6.45) is 3.99. The predicted octanol–water partition coefficient (Wildman–Crippen LogP) is 5.09. The molecule has 21 heavy (non-hydrogen) atoms. The van der Waals surface area contributed by atoms with E-state index in [9.17, 15) is 0 Å². The maximum atomic E-state index is 4.88. The first-order chi connectivity index (χ1) is 10.2. The second-order valence-electron chi connectivity index (χ2n) is 6.31. The fourth-order valence-electron chi connectivity index (χ4n) is 3.42. The average Bonchev–Trinajstić information content (AvgIpc) is 2.84. The molecule has 0 bridgehead atoms. The van der Waals surface area contributed by atoms with E-state index >= 15 is 0 Å². The lowest BCUT2D eigenvalue weighted by Crippen LogP contribution is -2.32. The molecule has 3 heteroatoms. The summed E-state index contributed by atoms with van der Waals surface area (Å²) in [7, 11) is 0. The number of rotatable bonds is 2. The molecule has 3 rings (SSSR count). The van der Waals surface area contributed by atoms with E-state index in [0.29, 0.717) is 6.04 Å². The van der Waals surface area contributed by atoms with Crippen LogP contribution in [-0.2, 0) is 0 Å². The molecule has 1 saturated carbocycles. The van der Waals surface area contributed by atoms with E-state index in [-0.39, 0.29) is 0 Å². The summed E-state index contributed by atoms with van der Waals surface area (Å²) in [5.74, 6) is 1.53. The fraction of sp³-hybridized carbons (Fsp3) is 0.500. The highest BCUT2D eigenvalue weighted by atomic mass is 32.1. The normalized spacial score (nSPS) is 27.0. The molecule has 0 amide bonds. The number of hydrogen-bond donors (Lipinski definition) is 0. The van der Waals surface area contributed by atoms with E-state index in [2.05, 4.69) is 55.0 Å². The number of hydrogen-bond acceptors (Lipinski definition) is 2. The van der Waals surface area contributed by atoms with Gasteiger partial charge in [0.1, 0.15) is 0 Å². The van der Waals surface area contributed by atoms with Gasteiger partial charge in [0.15, 0.2) is 4.80 Å². The molecule has 3 unspecified atom stereocenters. The Hall–Kier alpha value is -1.35. The third-order valence-corrected chi connectivity index (χ3v) is 5.86. The van der Waals surface area contributed by atoms with Crippen LogP contribution in [-0.4, -0.2) is 4.57 Å². The van der Waals surface area contributed by atoms with Crippen LogP contribution in [0.15, 0.2) is 40.7 Å². The van der Waals surface area contributed by atoms with E-state index in [0.717, 1.165) is 22.3 Å². The van der Waals surface area contributed by atoms with Gasteiger partial charge in [0, 0.05) is 17.1 Å². The molecule has 2 nitrogen and oxygen atoms in total. The minimum absolute atomic E-state index is 0.600. The molecule has 1 aromatic heterocycles. The summed E-state index contributed by atoms with van der Waals surface area (Å²) in [5, 5.41) is 2.24. The van der Waals surface area contributed by atoms with Crippen LogP contribution in [0.4, 0.5) is 5.69 Å². The van der Waals surface area contributed by atoms with Crippen molar-refractivity contribution in [3.63, 3.8) is 0 Å². The molecule has 1 heterocycles. The van der Waals surface area contributed by atoms with Crippen molar-refractivity contribution in [2.24, 2.45) is 16.8 Å². The highest BCUT2D eigenvalue weighted by Crippen LogP contribution is 2.37. The first kappa shape index (κ1) is 14.6. The summed E-state index contributed by atoms with van der Waals surface area (Å²) in [6, 6.07) is 10.9. The summed E-state index contributed by atoms with van der Waals surface area (Å²) in [6.45, 7) is 7.02. The van der Waals surface area contributed by atoms with Crippen molar-refractivity contribution in [3.8, 4) is 0 Å². The molecule has 0 saturated heterocycles. The van der Waals surface area contributed by atoms with E-state index < -0.39 is 0 Å². The third-order valence-electron chi connectivity index (χ3n) is 4.90. The van der Waals surface area contributed by atoms with Crippen molar-refractivity contribution in [2.75, 3.05) is 0 Å². The smallest absolute Gasteiger partial charge is 0.190 e. The zero-order chi connectivity index (χ0) is 14.8. The Morgan fingerprint density at radius 3 is 2.67 bits per heavy atom. The molecule has 2 aromatic rings. The minimum atomic E-state index is 0.600. The second-order valence-corrected chi connectivity index (χ2v) is 7.15. The molecular weight excluding hydrogens is 276 g/mol. The molecule has 0 radical (unpaired) electrons. The van der Waals surface area contributed by atoms with E-state index in [1.54, 1.807) is 11.3 Å². The van der Waals surface area contributed by atoms with Crippen LogP contribution in [0.2, 0.25) is 0 Å². The third kappa shape index (κ3) is 2.98. The molecule has 112 valence electrons. The SMILES string of the molecule is Cc1csc(=Nc2ccccc2)n1C1CCCC(C)C1C. The van der Waals surface area contributed by atoms with Gasteiger partial charge in [-0.25, -0.2) is 4.99 Å². The number of para-hydroxylation sites is 1. The predicted molar refractivity (Wildman–Crippen MR) is 89.9 cm³/mol. The fourth-order valence-corrected chi connectivity index (χ4v) is 4.36. The summed E-state index contributed by atoms with van der Waals surface area (Å²) in [5.41, 5.74) is 2.39. The largest absolute Gasteiger partial charge is 0.318 e. The number of nitrogens with zero attached hydrogens (tertiary/aromatic N) is 2. The molecule has 1 aliphatic rings. The first-order valence-corrected chi connectivity index (χ1v) is 8.81. The van der Waals surface area contributed by atoms with Crippen LogP contribution in [0.3, 0.4) is 0 Å². The van der Waals surface area contributed by atoms with Crippen molar-refractivity contribution in [1.29, 1.82) is 0 Å². The van der Waals surface area contributed by atoms with Crippen LogP contribution in [0.1, 0.15) is 44.8 Å². The van der Waals surface area contributed by atoms with Gasteiger partial charge in [-0.15, -0.1) is 11.3 Å². The Morgan fingerprint density at radius 2 is 1.90 bits per heavy atom. The van der Waals surface area contributed by atoms with Gasteiger partial charge in [-0.05, 0) is 37.3 Å². The first-order valence-electron chi connectivity index (χ1n) is 7.93. The number of aryl methyl sites for hydroxylation is 1. The van der Waals surface area contributed by atoms with Crippen molar-refractivity contribution in [2.45, 2.75) is 46.1 Å². The zero-order valence-corrected chi connectivity index (χ0v) is 13.9. The van der Waals surface area contributed by atoms with E-state index in [1.165, 1.54) is 25.0 Å². The quantitative estimate of drug-likeness (QED) is 0.735. The van der Waals surface area contributed by atoms with Gasteiger partial charge in [-0.3, -0.25) is 0 Å². The molecule has 0 N–H and O–H groups in total. The van der Waals surface area contributed by atoms with Crippen LogP contribution < -0.4 is 4.80 Å². The van der Waals surface area contributed by atoms with Gasteiger partial charge in [0.05, 0.1) is 5.69 Å². The van der Waals surface area contributed by atoms with Crippen molar-refractivity contribution < 1.29 is 0 Å². The van der Waals surface area contributed by atoms with Gasteiger partial charge < -0.3 is 4.57 Å².